The maximum Gasteiger partial charge on any atom is 0.237 e. The number of halogens is 1. The first kappa shape index (κ1) is 18.1. The van der Waals surface area contributed by atoms with Gasteiger partial charge in [-0.05, 0) is 43.4 Å². The molecule has 0 aliphatic heterocycles. The van der Waals surface area contributed by atoms with E-state index in [1.807, 2.05) is 49.4 Å². The van der Waals surface area contributed by atoms with Crippen LogP contribution in [-0.2, 0) is 4.79 Å². The molecule has 0 saturated carbocycles. The van der Waals surface area contributed by atoms with Crippen molar-refractivity contribution in [1.82, 2.24) is 9.78 Å². The van der Waals surface area contributed by atoms with Gasteiger partial charge in [-0.2, -0.15) is 0 Å². The van der Waals surface area contributed by atoms with E-state index in [0.29, 0.717) is 14.7 Å². The van der Waals surface area contributed by atoms with Gasteiger partial charge in [-0.25, -0.2) is 4.68 Å². The minimum absolute atomic E-state index is 0.134. The van der Waals surface area contributed by atoms with Crippen molar-refractivity contribution >= 4 is 58.5 Å². The van der Waals surface area contributed by atoms with Gasteiger partial charge in [-0.3, -0.25) is 4.79 Å². The summed E-state index contributed by atoms with van der Waals surface area (Å²) in [6.07, 6.45) is 0. The predicted molar refractivity (Wildman–Crippen MR) is 108 cm³/mol. The number of carbonyl (C=O) groups excluding carboxylic acids is 1. The second kappa shape index (κ2) is 8.14. The van der Waals surface area contributed by atoms with Crippen molar-refractivity contribution in [2.24, 2.45) is 0 Å². The normalized spacial score (nSPS) is 11.9. The van der Waals surface area contributed by atoms with Crippen molar-refractivity contribution < 1.29 is 4.79 Å². The van der Waals surface area contributed by atoms with Crippen LogP contribution >= 0.6 is 46.9 Å². The Morgan fingerprint density at radius 1 is 1.24 bits per heavy atom. The van der Waals surface area contributed by atoms with Gasteiger partial charge >= 0.3 is 0 Å². The van der Waals surface area contributed by atoms with Gasteiger partial charge in [0.25, 0.3) is 0 Å². The van der Waals surface area contributed by atoms with Crippen LogP contribution in [0.4, 0.5) is 5.69 Å². The quantitative estimate of drug-likeness (QED) is 0.452. The van der Waals surface area contributed by atoms with E-state index in [2.05, 4.69) is 10.4 Å². The summed E-state index contributed by atoms with van der Waals surface area (Å²) >= 11 is 14.2. The summed E-state index contributed by atoms with van der Waals surface area (Å²) in [5.41, 5.74) is 1.51. The van der Waals surface area contributed by atoms with Crippen LogP contribution in [-0.4, -0.2) is 20.9 Å². The third-order valence-corrected chi connectivity index (χ3v) is 6.05. The molecule has 0 aliphatic rings. The lowest BCUT2D eigenvalue weighted by Gasteiger charge is -2.11. The van der Waals surface area contributed by atoms with E-state index in [0.717, 1.165) is 10.0 Å². The molecule has 1 heterocycles. The number of thioether (sulfide) groups is 1. The highest BCUT2D eigenvalue weighted by Crippen LogP contribution is 2.29. The van der Waals surface area contributed by atoms with Crippen molar-refractivity contribution in [1.29, 1.82) is 0 Å². The fourth-order valence-electron chi connectivity index (χ4n) is 2.04. The number of anilines is 1. The molecule has 8 heteroatoms. The van der Waals surface area contributed by atoms with Gasteiger partial charge in [0.2, 0.25) is 5.91 Å². The highest BCUT2D eigenvalue weighted by Gasteiger charge is 2.18. The van der Waals surface area contributed by atoms with Crippen LogP contribution in [0.2, 0.25) is 5.02 Å². The lowest BCUT2D eigenvalue weighted by Crippen LogP contribution is -2.22. The molecule has 0 unspecified atom stereocenters. The van der Waals surface area contributed by atoms with Crippen LogP contribution in [0.1, 0.15) is 6.92 Å². The summed E-state index contributed by atoms with van der Waals surface area (Å²) in [7, 11) is 0. The average molecular weight is 408 g/mol. The first-order valence-electron chi connectivity index (χ1n) is 7.42. The van der Waals surface area contributed by atoms with E-state index in [4.69, 9.17) is 23.8 Å². The Labute approximate surface area is 163 Å². The van der Waals surface area contributed by atoms with E-state index in [9.17, 15) is 4.79 Å². The molecule has 3 rings (SSSR count). The molecule has 0 aliphatic carbocycles. The maximum absolute atomic E-state index is 12.4. The maximum atomic E-state index is 12.4. The number of hydrogen-bond acceptors (Lipinski definition) is 5. The molecule has 2 aromatic carbocycles. The number of para-hydroxylation sites is 2. The molecule has 0 spiro atoms. The Kier molecular flexibility index (Phi) is 5.90. The number of carbonyl (C=O) groups is 1. The largest absolute Gasteiger partial charge is 0.324 e. The summed E-state index contributed by atoms with van der Waals surface area (Å²) < 4.78 is 3.10. The summed E-state index contributed by atoms with van der Waals surface area (Å²) in [5.74, 6) is -0.134. The third kappa shape index (κ3) is 4.49. The van der Waals surface area contributed by atoms with Crippen molar-refractivity contribution in [2.75, 3.05) is 5.32 Å². The number of nitrogens with zero attached hydrogens (tertiary/aromatic N) is 2. The molecule has 0 fully saturated rings. The van der Waals surface area contributed by atoms with E-state index in [1.54, 1.807) is 16.8 Å². The fourth-order valence-corrected chi connectivity index (χ4v) is 4.73. The number of hydrogen-bond donors (Lipinski definition) is 1. The summed E-state index contributed by atoms with van der Waals surface area (Å²) in [5, 5.41) is 7.53. The number of benzene rings is 2. The van der Waals surface area contributed by atoms with Crippen LogP contribution in [0.5, 0.6) is 0 Å². The Morgan fingerprint density at radius 3 is 2.64 bits per heavy atom. The third-order valence-electron chi connectivity index (χ3n) is 3.31. The lowest BCUT2D eigenvalue weighted by atomic mass is 10.3. The van der Waals surface area contributed by atoms with Crippen LogP contribution in [0, 0.1) is 3.95 Å². The van der Waals surface area contributed by atoms with Gasteiger partial charge in [0.15, 0.2) is 8.29 Å². The Bertz CT molecular complexity index is 940. The van der Waals surface area contributed by atoms with Crippen molar-refractivity contribution in [3.05, 3.63) is 63.6 Å². The molecule has 1 aromatic heterocycles. The molecule has 128 valence electrons. The highest BCUT2D eigenvalue weighted by atomic mass is 35.5. The monoisotopic (exact) mass is 407 g/mol. The Morgan fingerprint density at radius 2 is 1.92 bits per heavy atom. The average Bonchev–Trinajstić information content (AvgIpc) is 2.98. The molecule has 0 saturated heterocycles. The van der Waals surface area contributed by atoms with Gasteiger partial charge < -0.3 is 5.32 Å². The lowest BCUT2D eigenvalue weighted by molar-refractivity contribution is -0.115. The molecular weight excluding hydrogens is 394 g/mol. The molecule has 4 nitrogen and oxygen atoms in total. The summed E-state index contributed by atoms with van der Waals surface area (Å²) in [6.45, 7) is 1.83. The highest BCUT2D eigenvalue weighted by molar-refractivity contribution is 8.02. The van der Waals surface area contributed by atoms with Gasteiger partial charge in [0.05, 0.1) is 21.6 Å². The van der Waals surface area contributed by atoms with Crippen LogP contribution in [0.3, 0.4) is 0 Å². The van der Waals surface area contributed by atoms with Gasteiger partial charge in [-0.15, -0.1) is 5.10 Å². The molecule has 0 bridgehead atoms. The van der Waals surface area contributed by atoms with Gasteiger partial charge in [0.1, 0.15) is 0 Å². The van der Waals surface area contributed by atoms with E-state index >= 15 is 0 Å². The fraction of sp³-hybridized carbons (Fsp3) is 0.118. The first-order valence-corrected chi connectivity index (χ1v) is 9.90. The van der Waals surface area contributed by atoms with E-state index in [-0.39, 0.29) is 11.2 Å². The molecule has 3 aromatic rings. The molecular formula is C17H14ClN3OS3. The van der Waals surface area contributed by atoms with Crippen molar-refractivity contribution in [3.63, 3.8) is 0 Å². The molecule has 1 N–H and O–H groups in total. The second-order valence-electron chi connectivity index (χ2n) is 5.11. The zero-order valence-electron chi connectivity index (χ0n) is 13.2. The van der Waals surface area contributed by atoms with Gasteiger partial charge in [-0.1, -0.05) is 65.0 Å². The zero-order chi connectivity index (χ0) is 17.8. The number of rotatable bonds is 5. The Hall–Kier alpha value is -1.67. The summed E-state index contributed by atoms with van der Waals surface area (Å²) in [4.78, 5) is 12.4. The molecule has 1 amide bonds. The zero-order valence-corrected chi connectivity index (χ0v) is 16.4. The van der Waals surface area contributed by atoms with Crippen molar-refractivity contribution in [2.45, 2.75) is 16.5 Å². The number of nitrogens with one attached hydrogen (secondary N) is 1. The van der Waals surface area contributed by atoms with Gasteiger partial charge in [0, 0.05) is 0 Å². The standard InChI is InChI=1S/C17H14ClN3OS3/c1-11(15(22)19-14-10-6-5-9-13(14)18)24-16-20-21(17(23)25-16)12-7-3-2-4-8-12/h2-11H,1H3,(H,19,22)/t11-/m1/s1. The summed E-state index contributed by atoms with van der Waals surface area (Å²) in [6, 6.07) is 16.8. The molecule has 1 atom stereocenters. The van der Waals surface area contributed by atoms with Crippen LogP contribution in [0.25, 0.3) is 5.69 Å². The van der Waals surface area contributed by atoms with Crippen LogP contribution < -0.4 is 5.32 Å². The second-order valence-corrected chi connectivity index (χ2v) is 8.73. The Balaban J connectivity index is 1.71. The van der Waals surface area contributed by atoms with Crippen molar-refractivity contribution in [3.8, 4) is 5.69 Å². The minimum atomic E-state index is -0.332. The van der Waals surface area contributed by atoms with E-state index < -0.39 is 0 Å². The minimum Gasteiger partial charge on any atom is -0.324 e. The first-order chi connectivity index (χ1) is 12.0. The number of amides is 1. The number of aromatic nitrogens is 2. The van der Waals surface area contributed by atoms with Crippen LogP contribution in [0.15, 0.2) is 58.9 Å². The van der Waals surface area contributed by atoms with E-state index in [1.165, 1.54) is 23.1 Å². The molecule has 25 heavy (non-hydrogen) atoms. The topological polar surface area (TPSA) is 46.9 Å². The molecule has 0 radical (unpaired) electrons. The SMILES string of the molecule is C[C@@H](Sc1nn(-c2ccccc2)c(=S)s1)C(=O)Nc1ccccc1Cl. The smallest absolute Gasteiger partial charge is 0.237 e. The predicted octanol–water partition coefficient (Wildman–Crippen LogP) is 5.44.